The molecule has 0 bridgehead atoms. The number of carboxylic acid groups (broad SMARTS) is 1. The Kier molecular flexibility index (Phi) is 3.14. The molecule has 0 amide bonds. The zero-order valence-electron chi connectivity index (χ0n) is 4.84. The van der Waals surface area contributed by atoms with Crippen molar-refractivity contribution < 1.29 is 14.6 Å². The number of ether oxygens (including phenoxy) is 1. The van der Waals surface area contributed by atoms with E-state index in [9.17, 15) is 4.79 Å². The molecule has 0 aliphatic rings. The summed E-state index contributed by atoms with van der Waals surface area (Å²) in [5.74, 6) is -1.00. The third-order valence-corrected chi connectivity index (χ3v) is 0.722. The fraction of sp³-hybridized carbons (Fsp3) is 0.750. The second-order valence-electron chi connectivity index (χ2n) is 1.24. The van der Waals surface area contributed by atoms with E-state index in [1.807, 2.05) is 0 Å². The van der Waals surface area contributed by atoms with Crippen LogP contribution >= 0.6 is 0 Å². The van der Waals surface area contributed by atoms with Crippen LogP contribution in [-0.4, -0.2) is 31.5 Å². The fourth-order valence-corrected chi connectivity index (χ4v) is 0.342. The molecular formula is C4H9NO3. The minimum atomic E-state index is -1.00. The van der Waals surface area contributed by atoms with Gasteiger partial charge in [0.2, 0.25) is 6.23 Å². The monoisotopic (exact) mass is 119 g/mol. The average Bonchev–Trinajstić information content (AvgIpc) is 1.69. The summed E-state index contributed by atoms with van der Waals surface area (Å²) in [5, 5.41) is 10.6. The Morgan fingerprint density at radius 2 is 2.38 bits per heavy atom. The van der Waals surface area contributed by atoms with Crippen molar-refractivity contribution in [2.24, 2.45) is 0 Å². The summed E-state index contributed by atoms with van der Waals surface area (Å²) in [4.78, 5) is 9.97. The zero-order valence-corrected chi connectivity index (χ0v) is 4.84. The summed E-state index contributed by atoms with van der Waals surface area (Å²) in [6.07, 6.45) is -0.880. The first-order chi connectivity index (χ1) is 3.72. The Labute approximate surface area is 47.5 Å². The molecule has 0 radical (unpaired) electrons. The normalized spacial score (nSPS) is 13.2. The number of rotatable bonds is 3. The number of nitrogens with one attached hydrogen (secondary N) is 1. The van der Waals surface area contributed by atoms with Crippen molar-refractivity contribution in [2.45, 2.75) is 6.23 Å². The van der Waals surface area contributed by atoms with E-state index in [1.54, 1.807) is 0 Å². The molecule has 0 saturated heterocycles. The highest BCUT2D eigenvalue weighted by Gasteiger charge is 2.10. The second kappa shape index (κ2) is 3.40. The molecule has 0 rings (SSSR count). The molecular weight excluding hydrogens is 110 g/mol. The van der Waals surface area contributed by atoms with E-state index in [4.69, 9.17) is 5.11 Å². The first-order valence-electron chi connectivity index (χ1n) is 2.15. The molecule has 1 unspecified atom stereocenters. The molecule has 4 heteroatoms. The highest BCUT2D eigenvalue weighted by molar-refractivity contribution is 5.71. The number of carboxylic acids is 1. The van der Waals surface area contributed by atoms with Gasteiger partial charge in [-0.1, -0.05) is 0 Å². The molecule has 0 aliphatic heterocycles. The van der Waals surface area contributed by atoms with Crippen molar-refractivity contribution in [3.63, 3.8) is 0 Å². The van der Waals surface area contributed by atoms with Gasteiger partial charge in [0.15, 0.2) is 0 Å². The number of aliphatic carboxylic acids is 1. The Bertz CT molecular complexity index is 79.4. The summed E-state index contributed by atoms with van der Waals surface area (Å²) >= 11 is 0. The third kappa shape index (κ3) is 1.90. The molecule has 4 nitrogen and oxygen atoms in total. The van der Waals surface area contributed by atoms with Crippen LogP contribution in [-0.2, 0) is 9.53 Å². The number of hydrogen-bond donors (Lipinski definition) is 2. The van der Waals surface area contributed by atoms with Crippen molar-refractivity contribution in [1.82, 2.24) is 5.32 Å². The quantitative estimate of drug-likeness (QED) is 0.480. The van der Waals surface area contributed by atoms with Crippen LogP contribution in [0.25, 0.3) is 0 Å². The maximum atomic E-state index is 9.97. The zero-order chi connectivity index (χ0) is 6.57. The first-order valence-corrected chi connectivity index (χ1v) is 2.15. The van der Waals surface area contributed by atoms with Crippen molar-refractivity contribution in [3.8, 4) is 0 Å². The lowest BCUT2D eigenvalue weighted by atomic mass is 10.6. The fourth-order valence-electron chi connectivity index (χ4n) is 0.342. The van der Waals surface area contributed by atoms with E-state index in [2.05, 4.69) is 10.1 Å². The molecule has 8 heavy (non-hydrogen) atoms. The van der Waals surface area contributed by atoms with Crippen LogP contribution in [0, 0.1) is 0 Å². The van der Waals surface area contributed by atoms with Crippen molar-refractivity contribution >= 4 is 5.97 Å². The average molecular weight is 119 g/mol. The Morgan fingerprint density at radius 3 is 2.38 bits per heavy atom. The lowest BCUT2D eigenvalue weighted by Gasteiger charge is -2.06. The highest BCUT2D eigenvalue weighted by atomic mass is 16.5. The minimum Gasteiger partial charge on any atom is -0.478 e. The van der Waals surface area contributed by atoms with Gasteiger partial charge in [-0.3, -0.25) is 5.32 Å². The van der Waals surface area contributed by atoms with Crippen LogP contribution in [0.1, 0.15) is 0 Å². The maximum absolute atomic E-state index is 9.97. The topological polar surface area (TPSA) is 58.6 Å². The summed E-state index contributed by atoms with van der Waals surface area (Å²) in [6.45, 7) is 0. The van der Waals surface area contributed by atoms with Crippen LogP contribution < -0.4 is 5.32 Å². The van der Waals surface area contributed by atoms with Crippen LogP contribution in [0.2, 0.25) is 0 Å². The lowest BCUT2D eigenvalue weighted by Crippen LogP contribution is -2.35. The SMILES string of the molecule is CNC(OC)C(=O)O. The van der Waals surface area contributed by atoms with Crippen molar-refractivity contribution in [1.29, 1.82) is 0 Å². The first kappa shape index (κ1) is 7.39. The second-order valence-corrected chi connectivity index (χ2v) is 1.24. The molecule has 0 saturated carbocycles. The summed E-state index contributed by atoms with van der Waals surface area (Å²) in [6, 6.07) is 0. The molecule has 0 spiro atoms. The van der Waals surface area contributed by atoms with Crippen LogP contribution in [0.4, 0.5) is 0 Å². The molecule has 2 N–H and O–H groups in total. The molecule has 48 valence electrons. The minimum absolute atomic E-state index is 0.880. The summed E-state index contributed by atoms with van der Waals surface area (Å²) in [5.41, 5.74) is 0. The van der Waals surface area contributed by atoms with Gasteiger partial charge in [-0.25, -0.2) is 4.79 Å². The van der Waals surface area contributed by atoms with Gasteiger partial charge in [-0.15, -0.1) is 0 Å². The molecule has 0 fully saturated rings. The van der Waals surface area contributed by atoms with Gasteiger partial charge in [-0.2, -0.15) is 0 Å². The lowest BCUT2D eigenvalue weighted by molar-refractivity contribution is -0.150. The molecule has 0 aliphatic carbocycles. The maximum Gasteiger partial charge on any atom is 0.348 e. The number of carbonyl (C=O) groups is 1. The molecule has 0 aromatic heterocycles. The molecule has 0 heterocycles. The van der Waals surface area contributed by atoms with E-state index < -0.39 is 12.2 Å². The van der Waals surface area contributed by atoms with Gasteiger partial charge in [0.1, 0.15) is 0 Å². The van der Waals surface area contributed by atoms with E-state index in [1.165, 1.54) is 14.2 Å². The number of hydrogen-bond acceptors (Lipinski definition) is 3. The smallest absolute Gasteiger partial charge is 0.348 e. The number of methoxy groups -OCH3 is 1. The number of likely N-dealkylation sites (N-methyl/N-ethyl adjacent to an activating group) is 1. The van der Waals surface area contributed by atoms with Crippen molar-refractivity contribution in [2.75, 3.05) is 14.2 Å². The van der Waals surface area contributed by atoms with E-state index in [0.29, 0.717) is 0 Å². The predicted molar refractivity (Wildman–Crippen MR) is 27.5 cm³/mol. The standard InChI is InChI=1S/C4H9NO3/c1-5-3(8-2)4(6)7/h3,5H,1-2H3,(H,6,7). The molecule has 1 atom stereocenters. The highest BCUT2D eigenvalue weighted by Crippen LogP contribution is 1.79. The van der Waals surface area contributed by atoms with E-state index >= 15 is 0 Å². The molecule has 0 aromatic carbocycles. The van der Waals surface area contributed by atoms with Gasteiger partial charge < -0.3 is 9.84 Å². The van der Waals surface area contributed by atoms with Gasteiger partial charge in [0.05, 0.1) is 0 Å². The van der Waals surface area contributed by atoms with E-state index in [0.717, 1.165) is 0 Å². The van der Waals surface area contributed by atoms with E-state index in [-0.39, 0.29) is 0 Å². The summed E-state index contributed by atoms with van der Waals surface area (Å²) < 4.78 is 4.45. The van der Waals surface area contributed by atoms with Crippen molar-refractivity contribution in [3.05, 3.63) is 0 Å². The van der Waals surface area contributed by atoms with Crippen LogP contribution in [0.15, 0.2) is 0 Å². The summed E-state index contributed by atoms with van der Waals surface area (Å²) in [7, 11) is 2.84. The Hall–Kier alpha value is -0.610. The Morgan fingerprint density at radius 1 is 1.88 bits per heavy atom. The molecule has 0 aromatic rings. The Balaban J connectivity index is 3.52. The van der Waals surface area contributed by atoms with Gasteiger partial charge in [0, 0.05) is 7.11 Å². The van der Waals surface area contributed by atoms with Crippen LogP contribution in [0.3, 0.4) is 0 Å². The largest absolute Gasteiger partial charge is 0.478 e. The third-order valence-electron chi connectivity index (χ3n) is 0.722. The van der Waals surface area contributed by atoms with Gasteiger partial charge >= 0.3 is 5.97 Å². The van der Waals surface area contributed by atoms with Crippen LogP contribution in [0.5, 0.6) is 0 Å². The van der Waals surface area contributed by atoms with Gasteiger partial charge in [-0.05, 0) is 7.05 Å². The van der Waals surface area contributed by atoms with Gasteiger partial charge in [0.25, 0.3) is 0 Å². The predicted octanol–water partition coefficient (Wildman–Crippen LogP) is -0.737.